The molecule has 0 bridgehead atoms. The van der Waals surface area contributed by atoms with E-state index < -0.39 is 0 Å². The van der Waals surface area contributed by atoms with Crippen LogP contribution < -0.4 is 9.47 Å². The Balaban J connectivity index is 1.32. The number of rotatable bonds is 7. The maximum absolute atomic E-state index is 12.6. The van der Waals surface area contributed by atoms with Gasteiger partial charge in [0.15, 0.2) is 11.5 Å². The van der Waals surface area contributed by atoms with Crippen LogP contribution >= 0.6 is 11.6 Å². The van der Waals surface area contributed by atoms with Crippen molar-refractivity contribution < 1.29 is 18.8 Å². The van der Waals surface area contributed by atoms with Crippen molar-refractivity contribution in [2.24, 2.45) is 0 Å². The molecule has 0 atom stereocenters. The van der Waals surface area contributed by atoms with Gasteiger partial charge < -0.3 is 18.9 Å². The summed E-state index contributed by atoms with van der Waals surface area (Å²) in [4.78, 5) is 21.2. The first-order valence-corrected chi connectivity index (χ1v) is 10.7. The fourth-order valence-corrected chi connectivity index (χ4v) is 3.88. The van der Waals surface area contributed by atoms with Gasteiger partial charge in [-0.05, 0) is 29.8 Å². The summed E-state index contributed by atoms with van der Waals surface area (Å²) in [6.07, 6.45) is 0.317. The fourth-order valence-electron chi connectivity index (χ4n) is 3.67. The first kappa shape index (κ1) is 22.1. The number of amides is 1. The summed E-state index contributed by atoms with van der Waals surface area (Å²) < 4.78 is 16.1. The first-order valence-electron chi connectivity index (χ1n) is 10.4. The van der Waals surface area contributed by atoms with Gasteiger partial charge in [-0.15, -0.1) is 0 Å². The molecule has 0 unspecified atom stereocenters. The molecule has 3 aromatic rings. The van der Waals surface area contributed by atoms with Crippen LogP contribution in [0.4, 0.5) is 0 Å². The topological polar surface area (TPSA) is 80.9 Å². The first-order chi connectivity index (χ1) is 15.6. The SMILES string of the molecule is COc1ccc(-c2noc(CN3CCN(C(=O)Cc4ccccc4Cl)CC3)n2)cc1OC. The van der Waals surface area contributed by atoms with Gasteiger partial charge in [-0.2, -0.15) is 4.98 Å². The number of carbonyl (C=O) groups excluding carboxylic acids is 1. The second-order valence-corrected chi connectivity index (χ2v) is 7.91. The normalized spacial score (nSPS) is 14.4. The molecule has 1 fully saturated rings. The summed E-state index contributed by atoms with van der Waals surface area (Å²) in [6, 6.07) is 12.9. The predicted molar refractivity (Wildman–Crippen MR) is 120 cm³/mol. The monoisotopic (exact) mass is 456 g/mol. The second-order valence-electron chi connectivity index (χ2n) is 7.51. The van der Waals surface area contributed by atoms with Crippen LogP contribution in [0.1, 0.15) is 11.5 Å². The molecule has 8 nitrogen and oxygen atoms in total. The largest absolute Gasteiger partial charge is 0.493 e. The lowest BCUT2D eigenvalue weighted by molar-refractivity contribution is -0.132. The minimum atomic E-state index is 0.0891. The molecule has 1 aliphatic rings. The van der Waals surface area contributed by atoms with Crippen molar-refractivity contribution in [1.82, 2.24) is 19.9 Å². The summed E-state index contributed by atoms with van der Waals surface area (Å²) in [5, 5.41) is 4.72. The Kier molecular flexibility index (Phi) is 6.92. The number of benzene rings is 2. The molecular formula is C23H25ClN4O4. The number of aromatic nitrogens is 2. The number of hydrogen-bond donors (Lipinski definition) is 0. The average molecular weight is 457 g/mol. The molecule has 1 aliphatic heterocycles. The molecule has 1 aromatic heterocycles. The van der Waals surface area contributed by atoms with Gasteiger partial charge >= 0.3 is 0 Å². The average Bonchev–Trinajstić information content (AvgIpc) is 3.29. The molecule has 9 heteroatoms. The van der Waals surface area contributed by atoms with Gasteiger partial charge in [0.2, 0.25) is 17.6 Å². The predicted octanol–water partition coefficient (Wildman–Crippen LogP) is 3.29. The minimum absolute atomic E-state index is 0.0891. The van der Waals surface area contributed by atoms with E-state index in [-0.39, 0.29) is 5.91 Å². The third-order valence-corrected chi connectivity index (χ3v) is 5.86. The highest BCUT2D eigenvalue weighted by atomic mass is 35.5. The van der Waals surface area contributed by atoms with E-state index in [1.54, 1.807) is 14.2 Å². The Morgan fingerprint density at radius 2 is 1.81 bits per heavy atom. The molecule has 1 saturated heterocycles. The van der Waals surface area contributed by atoms with Gasteiger partial charge in [-0.25, -0.2) is 0 Å². The Labute approximate surface area is 191 Å². The van der Waals surface area contributed by atoms with Crippen molar-refractivity contribution in [1.29, 1.82) is 0 Å². The molecule has 2 aromatic carbocycles. The number of hydrogen-bond acceptors (Lipinski definition) is 7. The van der Waals surface area contributed by atoms with E-state index in [1.807, 2.05) is 47.4 Å². The van der Waals surface area contributed by atoms with Crippen LogP contribution in [-0.2, 0) is 17.8 Å². The molecule has 0 N–H and O–H groups in total. The van der Waals surface area contributed by atoms with Crippen LogP contribution in [0, 0.1) is 0 Å². The molecule has 168 valence electrons. The van der Waals surface area contributed by atoms with Crippen LogP contribution in [0.25, 0.3) is 11.4 Å². The fraction of sp³-hybridized carbons (Fsp3) is 0.348. The third kappa shape index (κ3) is 5.03. The Bertz CT molecular complexity index is 1080. The van der Waals surface area contributed by atoms with Crippen LogP contribution in [0.3, 0.4) is 0 Å². The molecule has 1 amide bonds. The maximum atomic E-state index is 12.6. The molecule has 0 saturated carbocycles. The van der Waals surface area contributed by atoms with Gasteiger partial charge in [0, 0.05) is 36.8 Å². The third-order valence-electron chi connectivity index (χ3n) is 5.49. The van der Waals surface area contributed by atoms with Crippen LogP contribution in [0.5, 0.6) is 11.5 Å². The smallest absolute Gasteiger partial charge is 0.241 e. The molecule has 0 radical (unpaired) electrons. The summed E-state index contributed by atoms with van der Waals surface area (Å²) >= 11 is 6.18. The van der Waals surface area contributed by atoms with Crippen molar-refractivity contribution in [3.8, 4) is 22.9 Å². The number of carbonyl (C=O) groups is 1. The number of piperazine rings is 1. The highest BCUT2D eigenvalue weighted by Gasteiger charge is 2.23. The Morgan fingerprint density at radius 1 is 1.06 bits per heavy atom. The van der Waals surface area contributed by atoms with Gasteiger partial charge in [-0.1, -0.05) is 35.0 Å². The lowest BCUT2D eigenvalue weighted by Crippen LogP contribution is -2.48. The Hall–Kier alpha value is -3.10. The van der Waals surface area contributed by atoms with Crippen molar-refractivity contribution >= 4 is 17.5 Å². The molecule has 0 spiro atoms. The quantitative estimate of drug-likeness (QED) is 0.539. The number of nitrogens with zero attached hydrogens (tertiary/aromatic N) is 4. The van der Waals surface area contributed by atoms with Crippen LogP contribution in [0.2, 0.25) is 5.02 Å². The summed E-state index contributed by atoms with van der Waals surface area (Å²) in [6.45, 7) is 3.32. The molecule has 4 rings (SSSR count). The van der Waals surface area contributed by atoms with Gasteiger partial charge in [0.25, 0.3) is 0 Å². The highest BCUT2D eigenvalue weighted by Crippen LogP contribution is 2.31. The van der Waals surface area contributed by atoms with E-state index in [9.17, 15) is 4.79 Å². The zero-order chi connectivity index (χ0) is 22.5. The van der Waals surface area contributed by atoms with Gasteiger partial charge in [0.1, 0.15) is 0 Å². The summed E-state index contributed by atoms with van der Waals surface area (Å²) in [7, 11) is 3.18. The zero-order valence-corrected chi connectivity index (χ0v) is 18.8. The molecule has 0 aliphatic carbocycles. The Morgan fingerprint density at radius 3 is 2.53 bits per heavy atom. The van der Waals surface area contributed by atoms with Crippen LogP contribution in [0.15, 0.2) is 47.0 Å². The maximum Gasteiger partial charge on any atom is 0.241 e. The van der Waals surface area contributed by atoms with E-state index in [0.29, 0.717) is 54.3 Å². The summed E-state index contributed by atoms with van der Waals surface area (Å²) in [5.74, 6) is 2.36. The lowest BCUT2D eigenvalue weighted by Gasteiger charge is -2.34. The van der Waals surface area contributed by atoms with E-state index in [4.69, 9.17) is 25.6 Å². The van der Waals surface area contributed by atoms with E-state index in [2.05, 4.69) is 15.0 Å². The van der Waals surface area contributed by atoms with Crippen molar-refractivity contribution in [2.45, 2.75) is 13.0 Å². The number of ether oxygens (including phenoxy) is 2. The highest BCUT2D eigenvalue weighted by molar-refractivity contribution is 6.31. The standard InChI is InChI=1S/C23H25ClN4O4/c1-30-19-8-7-17(13-20(19)31-2)23-25-21(32-26-23)15-27-9-11-28(12-10-27)22(29)14-16-5-3-4-6-18(16)24/h3-8,13H,9-12,14-15H2,1-2H3. The van der Waals surface area contributed by atoms with Crippen molar-refractivity contribution in [2.75, 3.05) is 40.4 Å². The van der Waals surface area contributed by atoms with E-state index in [0.717, 1.165) is 24.2 Å². The molecular weight excluding hydrogens is 432 g/mol. The van der Waals surface area contributed by atoms with E-state index >= 15 is 0 Å². The van der Waals surface area contributed by atoms with Crippen molar-refractivity contribution in [3.63, 3.8) is 0 Å². The zero-order valence-electron chi connectivity index (χ0n) is 18.1. The second kappa shape index (κ2) is 10.0. The van der Waals surface area contributed by atoms with E-state index in [1.165, 1.54) is 0 Å². The number of halogens is 1. The lowest BCUT2D eigenvalue weighted by atomic mass is 10.1. The summed E-state index contributed by atoms with van der Waals surface area (Å²) in [5.41, 5.74) is 1.64. The molecule has 32 heavy (non-hydrogen) atoms. The number of methoxy groups -OCH3 is 2. The minimum Gasteiger partial charge on any atom is -0.493 e. The van der Waals surface area contributed by atoms with Crippen molar-refractivity contribution in [3.05, 3.63) is 58.9 Å². The van der Waals surface area contributed by atoms with Gasteiger partial charge in [-0.3, -0.25) is 9.69 Å². The van der Waals surface area contributed by atoms with Crippen LogP contribution in [-0.4, -0.2) is 66.2 Å². The van der Waals surface area contributed by atoms with Gasteiger partial charge in [0.05, 0.1) is 27.2 Å². The molecule has 2 heterocycles.